The molecule has 0 radical (unpaired) electrons. The van der Waals surface area contributed by atoms with Gasteiger partial charge in [-0.2, -0.15) is 0 Å². The van der Waals surface area contributed by atoms with Crippen LogP contribution in [0.4, 0.5) is 5.69 Å². The molecule has 1 aromatic carbocycles. The highest BCUT2D eigenvalue weighted by molar-refractivity contribution is 6.33. The van der Waals surface area contributed by atoms with Gasteiger partial charge in [-0.15, -0.1) is 0 Å². The third-order valence-corrected chi connectivity index (χ3v) is 3.53. The van der Waals surface area contributed by atoms with E-state index in [9.17, 15) is 4.79 Å². The predicted molar refractivity (Wildman–Crippen MR) is 74.9 cm³/mol. The molecule has 1 aliphatic rings. The van der Waals surface area contributed by atoms with E-state index in [1.54, 1.807) is 12.1 Å². The zero-order valence-corrected chi connectivity index (χ0v) is 10.9. The Kier molecular flexibility index (Phi) is 4.26. The lowest BCUT2D eigenvalue weighted by Gasteiger charge is -2.19. The molecular formula is C14H17ClN2O. The molecule has 0 heterocycles. The van der Waals surface area contributed by atoms with Gasteiger partial charge in [0.2, 0.25) is 5.91 Å². The lowest BCUT2D eigenvalue weighted by atomic mass is 9.94. The maximum atomic E-state index is 11.2. The molecule has 1 aromatic rings. The molecule has 1 atom stereocenters. The second-order valence-electron chi connectivity index (χ2n) is 4.59. The van der Waals surface area contributed by atoms with Gasteiger partial charge in [0, 0.05) is 12.2 Å². The van der Waals surface area contributed by atoms with Crippen molar-refractivity contribution >= 4 is 23.2 Å². The number of allylic oxidation sites excluding steroid dienone is 2. The number of carbonyl (C=O) groups is 1. The van der Waals surface area contributed by atoms with Crippen LogP contribution in [0.1, 0.15) is 29.6 Å². The maximum Gasteiger partial charge on any atom is 0.250 e. The summed E-state index contributed by atoms with van der Waals surface area (Å²) in [5.74, 6) is 0.159. The van der Waals surface area contributed by atoms with E-state index in [2.05, 4.69) is 17.5 Å². The maximum absolute atomic E-state index is 11.2. The van der Waals surface area contributed by atoms with Crippen molar-refractivity contribution in [1.82, 2.24) is 0 Å². The van der Waals surface area contributed by atoms with Crippen molar-refractivity contribution in [3.8, 4) is 0 Å². The highest BCUT2D eigenvalue weighted by Crippen LogP contribution is 2.22. The van der Waals surface area contributed by atoms with Gasteiger partial charge < -0.3 is 11.1 Å². The fourth-order valence-electron chi connectivity index (χ4n) is 2.13. The highest BCUT2D eigenvalue weighted by Gasteiger charge is 2.11. The molecule has 0 saturated heterocycles. The van der Waals surface area contributed by atoms with Crippen LogP contribution < -0.4 is 11.1 Å². The summed E-state index contributed by atoms with van der Waals surface area (Å²) in [5.41, 5.74) is 6.52. The Bertz CT molecular complexity index is 471. The molecule has 1 amide bonds. The zero-order chi connectivity index (χ0) is 13.0. The summed E-state index contributed by atoms with van der Waals surface area (Å²) in [6, 6.07) is 5.28. The molecule has 0 aromatic heterocycles. The van der Waals surface area contributed by atoms with E-state index in [-0.39, 0.29) is 0 Å². The molecule has 2 rings (SSSR count). The summed E-state index contributed by atoms with van der Waals surface area (Å²) in [6.07, 6.45) is 7.93. The highest BCUT2D eigenvalue weighted by atomic mass is 35.5. The average Bonchev–Trinajstić information content (AvgIpc) is 2.38. The fourth-order valence-corrected chi connectivity index (χ4v) is 2.34. The first-order valence-corrected chi connectivity index (χ1v) is 6.53. The Labute approximate surface area is 112 Å². The van der Waals surface area contributed by atoms with Crippen molar-refractivity contribution in [2.75, 3.05) is 11.9 Å². The van der Waals surface area contributed by atoms with Crippen LogP contribution in [0.2, 0.25) is 5.02 Å². The number of halogens is 1. The van der Waals surface area contributed by atoms with Gasteiger partial charge >= 0.3 is 0 Å². The van der Waals surface area contributed by atoms with Gasteiger partial charge in [0.05, 0.1) is 10.6 Å². The number of nitrogens with one attached hydrogen (secondary N) is 1. The minimum atomic E-state index is -0.496. The smallest absolute Gasteiger partial charge is 0.250 e. The minimum Gasteiger partial charge on any atom is -0.385 e. The van der Waals surface area contributed by atoms with Crippen molar-refractivity contribution < 1.29 is 4.79 Å². The third-order valence-electron chi connectivity index (χ3n) is 3.20. The van der Waals surface area contributed by atoms with Crippen molar-refractivity contribution in [3.63, 3.8) is 0 Å². The normalized spacial score (nSPS) is 18.6. The molecule has 96 valence electrons. The third kappa shape index (κ3) is 3.26. The molecule has 1 aliphatic carbocycles. The lowest BCUT2D eigenvalue weighted by molar-refractivity contribution is 0.100. The van der Waals surface area contributed by atoms with Crippen molar-refractivity contribution in [1.29, 1.82) is 0 Å². The molecule has 3 nitrogen and oxygen atoms in total. The largest absolute Gasteiger partial charge is 0.385 e. The van der Waals surface area contributed by atoms with Crippen LogP contribution in [0, 0.1) is 5.92 Å². The number of rotatable bonds is 4. The molecule has 0 bridgehead atoms. The Morgan fingerprint density at radius 2 is 2.28 bits per heavy atom. The van der Waals surface area contributed by atoms with E-state index in [0.717, 1.165) is 25.1 Å². The summed E-state index contributed by atoms with van der Waals surface area (Å²) < 4.78 is 0. The van der Waals surface area contributed by atoms with Gasteiger partial charge in [-0.3, -0.25) is 4.79 Å². The first-order chi connectivity index (χ1) is 8.66. The van der Waals surface area contributed by atoms with Gasteiger partial charge in [-0.25, -0.2) is 0 Å². The Morgan fingerprint density at radius 1 is 1.44 bits per heavy atom. The first kappa shape index (κ1) is 13.0. The number of hydrogen-bond donors (Lipinski definition) is 2. The predicted octanol–water partition coefficient (Wildman–Crippen LogP) is 3.21. The second-order valence-corrected chi connectivity index (χ2v) is 5.00. The molecule has 1 unspecified atom stereocenters. The Hall–Kier alpha value is -1.48. The van der Waals surface area contributed by atoms with Crippen molar-refractivity contribution in [2.45, 2.75) is 19.3 Å². The van der Waals surface area contributed by atoms with Crippen LogP contribution in [-0.2, 0) is 0 Å². The van der Waals surface area contributed by atoms with E-state index in [0.29, 0.717) is 16.5 Å². The minimum absolute atomic E-state index is 0.366. The van der Waals surface area contributed by atoms with E-state index < -0.39 is 5.91 Å². The molecule has 4 heteroatoms. The summed E-state index contributed by atoms with van der Waals surface area (Å²) in [7, 11) is 0. The van der Waals surface area contributed by atoms with E-state index >= 15 is 0 Å². The van der Waals surface area contributed by atoms with Crippen LogP contribution in [0.15, 0.2) is 30.4 Å². The SMILES string of the molecule is NC(=O)c1cc(NCC2CC=CCC2)ccc1Cl. The number of carbonyl (C=O) groups excluding carboxylic acids is 1. The van der Waals surface area contributed by atoms with E-state index in [1.165, 1.54) is 6.42 Å². The summed E-state index contributed by atoms with van der Waals surface area (Å²) in [5, 5.41) is 3.73. The number of amides is 1. The monoisotopic (exact) mass is 264 g/mol. The Morgan fingerprint density at radius 3 is 2.94 bits per heavy atom. The number of benzene rings is 1. The number of primary amides is 1. The standard InChI is InChI=1S/C14H17ClN2O/c15-13-7-6-11(8-12(13)14(16)18)17-9-10-4-2-1-3-5-10/h1-2,6-8,10,17H,3-5,9H2,(H2,16,18). The van der Waals surface area contributed by atoms with Gasteiger partial charge in [0.25, 0.3) is 0 Å². The molecule has 18 heavy (non-hydrogen) atoms. The van der Waals surface area contributed by atoms with Crippen LogP contribution >= 0.6 is 11.6 Å². The first-order valence-electron chi connectivity index (χ1n) is 6.15. The average molecular weight is 265 g/mol. The Balaban J connectivity index is 1.99. The topological polar surface area (TPSA) is 55.1 Å². The molecule has 0 fully saturated rings. The van der Waals surface area contributed by atoms with Crippen LogP contribution in [0.3, 0.4) is 0 Å². The number of nitrogens with two attached hydrogens (primary N) is 1. The number of hydrogen-bond acceptors (Lipinski definition) is 2. The molecule has 0 saturated carbocycles. The molecule has 0 spiro atoms. The van der Waals surface area contributed by atoms with Crippen molar-refractivity contribution in [2.24, 2.45) is 11.7 Å². The van der Waals surface area contributed by atoms with E-state index in [1.807, 2.05) is 6.07 Å². The van der Waals surface area contributed by atoms with Gasteiger partial charge in [-0.1, -0.05) is 23.8 Å². The van der Waals surface area contributed by atoms with Crippen molar-refractivity contribution in [3.05, 3.63) is 40.9 Å². The number of anilines is 1. The zero-order valence-electron chi connectivity index (χ0n) is 10.2. The molecule has 0 aliphatic heterocycles. The van der Waals surface area contributed by atoms with Crippen LogP contribution in [0.5, 0.6) is 0 Å². The van der Waals surface area contributed by atoms with Gasteiger partial charge in [0.15, 0.2) is 0 Å². The summed E-state index contributed by atoms with van der Waals surface area (Å²) in [6.45, 7) is 0.907. The quantitative estimate of drug-likeness (QED) is 0.821. The second kappa shape index (κ2) is 5.91. The molecule has 3 N–H and O–H groups in total. The fraction of sp³-hybridized carbons (Fsp3) is 0.357. The van der Waals surface area contributed by atoms with Crippen LogP contribution in [0.25, 0.3) is 0 Å². The molecular weight excluding hydrogens is 248 g/mol. The lowest BCUT2D eigenvalue weighted by Crippen LogP contribution is -2.16. The van der Waals surface area contributed by atoms with Gasteiger partial charge in [0.1, 0.15) is 0 Å². The van der Waals surface area contributed by atoms with Gasteiger partial charge in [-0.05, 0) is 43.4 Å². The van der Waals surface area contributed by atoms with Crippen LogP contribution in [-0.4, -0.2) is 12.5 Å². The summed E-state index contributed by atoms with van der Waals surface area (Å²) >= 11 is 5.90. The summed E-state index contributed by atoms with van der Waals surface area (Å²) in [4.78, 5) is 11.2. The van der Waals surface area contributed by atoms with E-state index in [4.69, 9.17) is 17.3 Å².